The molecule has 15 nitrogen and oxygen atoms in total. The van der Waals surface area contributed by atoms with Crippen LogP contribution >= 0.6 is 11.6 Å². The molecule has 1 unspecified atom stereocenters. The van der Waals surface area contributed by atoms with E-state index in [0.717, 1.165) is 32.5 Å². The van der Waals surface area contributed by atoms with E-state index in [0.29, 0.717) is 90.6 Å². The summed E-state index contributed by atoms with van der Waals surface area (Å²) in [6.45, 7) is 12.0. The molecule has 2 aliphatic heterocycles. The summed E-state index contributed by atoms with van der Waals surface area (Å²) in [5, 5.41) is 16.7. The van der Waals surface area contributed by atoms with Gasteiger partial charge in [-0.05, 0) is 61.0 Å². The van der Waals surface area contributed by atoms with Gasteiger partial charge in [-0.1, -0.05) is 45.7 Å². The largest absolute Gasteiger partial charge is 0.491 e. The van der Waals surface area contributed by atoms with Crippen molar-refractivity contribution in [2.24, 2.45) is 23.2 Å². The van der Waals surface area contributed by atoms with E-state index in [2.05, 4.69) is 15.5 Å². The fourth-order valence-electron chi connectivity index (χ4n) is 8.93. The topological polar surface area (TPSA) is 178 Å². The molecule has 2 saturated heterocycles. The second kappa shape index (κ2) is 17.4. The number of pyridine rings is 1. The van der Waals surface area contributed by atoms with E-state index in [4.69, 9.17) is 40.3 Å². The van der Waals surface area contributed by atoms with Crippen LogP contribution in [0.3, 0.4) is 0 Å². The van der Waals surface area contributed by atoms with Crippen molar-refractivity contribution in [2.45, 2.75) is 102 Å². The molecular weight excluding hydrogens is 770 g/mol. The molecule has 0 bridgehead atoms. The van der Waals surface area contributed by atoms with Crippen molar-refractivity contribution in [1.82, 2.24) is 25.4 Å². The predicted octanol–water partition coefficient (Wildman–Crippen LogP) is 4.45. The number of aliphatic carboxylic acids is 1. The lowest BCUT2D eigenvalue weighted by molar-refractivity contribution is -0.146. The fourth-order valence-corrected chi connectivity index (χ4v) is 9.20. The summed E-state index contributed by atoms with van der Waals surface area (Å²) in [6.07, 6.45) is 2.71. The van der Waals surface area contributed by atoms with Gasteiger partial charge in [-0.15, -0.1) is 0 Å². The number of benzene rings is 1. The minimum Gasteiger partial charge on any atom is -0.491 e. The SMILES string of the molecule is CC[C@@H]1C[C@]1(NC(=O)[C@@H]1CC(Oc2cc(CCOC)nc3c(Cl)c(OCCN4CCOCC4)ccc23)CN1C(=O)[C@@H](NC(=O)O[C@@H]1C[C@@H]2C[C@@H]2C1)C(C)(C)C)C(=O)O. The third-order valence-electron chi connectivity index (χ3n) is 12.5. The number of morpholine rings is 1. The van der Waals surface area contributed by atoms with Gasteiger partial charge in [0.05, 0.1) is 31.9 Å². The van der Waals surface area contributed by atoms with Crippen LogP contribution in [0.2, 0.25) is 5.02 Å². The van der Waals surface area contributed by atoms with E-state index in [-0.39, 0.29) is 25.0 Å². The first kappa shape index (κ1) is 42.2. The monoisotopic (exact) mass is 827 g/mol. The van der Waals surface area contributed by atoms with E-state index >= 15 is 0 Å². The van der Waals surface area contributed by atoms with Gasteiger partial charge in [0.25, 0.3) is 0 Å². The number of nitrogens with zero attached hydrogens (tertiary/aromatic N) is 3. The Labute approximate surface area is 344 Å². The first-order valence-electron chi connectivity index (χ1n) is 20.7. The zero-order valence-electron chi connectivity index (χ0n) is 34.2. The minimum atomic E-state index is -1.40. The van der Waals surface area contributed by atoms with Gasteiger partial charge in [-0.3, -0.25) is 19.5 Å². The number of aromatic nitrogens is 1. The van der Waals surface area contributed by atoms with Crippen molar-refractivity contribution in [3.8, 4) is 11.5 Å². The average molecular weight is 828 g/mol. The number of rotatable bonds is 16. The summed E-state index contributed by atoms with van der Waals surface area (Å²) in [4.78, 5) is 63.1. The number of amides is 3. The Morgan fingerprint density at radius 3 is 2.45 bits per heavy atom. The summed E-state index contributed by atoms with van der Waals surface area (Å²) in [5.41, 5.74) is -1.03. The number of carbonyl (C=O) groups is 4. The number of hydrogen-bond donors (Lipinski definition) is 3. The number of carbonyl (C=O) groups excluding carboxylic acids is 3. The molecule has 8 atom stereocenters. The van der Waals surface area contributed by atoms with Crippen LogP contribution in [-0.2, 0) is 35.0 Å². The first-order chi connectivity index (χ1) is 27.7. The number of likely N-dealkylation sites (tertiary alicyclic amines) is 1. The van der Waals surface area contributed by atoms with Crippen LogP contribution in [0.5, 0.6) is 11.5 Å². The molecule has 1 aromatic heterocycles. The standard InChI is InChI=1S/C42H58ClN5O10/c1-6-26-22-42(26,39(51)52)46-37(49)31-21-29(23-48(31)38(50)36(41(2,3)4)45-40(53)58-28-18-24-17-25(24)19-28)57-33-20-27(9-13-54-5)44-35-30(33)7-8-32(34(35)43)56-16-12-47-10-14-55-15-11-47/h7-8,20,24-26,28-29,31,36H,6,9-19,21-23H2,1-5H3,(H,45,53)(H,46,49)(H,51,52)/t24-,25+,26-,28+,29?,31+,36-,42-/m1/s1. The molecule has 0 radical (unpaired) electrons. The molecule has 3 N–H and O–H groups in total. The van der Waals surface area contributed by atoms with Crippen LogP contribution in [0.1, 0.15) is 71.9 Å². The Hall–Kier alpha value is -3.92. The van der Waals surface area contributed by atoms with Gasteiger partial charge < -0.3 is 44.3 Å². The Kier molecular flexibility index (Phi) is 12.6. The molecule has 58 heavy (non-hydrogen) atoms. The Bertz CT molecular complexity index is 1860. The maximum Gasteiger partial charge on any atom is 0.408 e. The highest BCUT2D eigenvalue weighted by molar-refractivity contribution is 6.36. The maximum atomic E-state index is 14.7. The number of ether oxygens (including phenoxy) is 5. The molecular formula is C42H58ClN5O10. The molecule has 7 rings (SSSR count). The lowest BCUT2D eigenvalue weighted by atomic mass is 9.85. The van der Waals surface area contributed by atoms with Crippen LogP contribution in [0.4, 0.5) is 4.79 Å². The minimum absolute atomic E-state index is 0.00280. The number of halogens is 1. The highest BCUT2D eigenvalue weighted by Crippen LogP contribution is 2.52. The highest BCUT2D eigenvalue weighted by Gasteiger charge is 2.61. The summed E-state index contributed by atoms with van der Waals surface area (Å²) < 4.78 is 29.4. The molecule has 16 heteroatoms. The van der Waals surface area contributed by atoms with Crippen LogP contribution in [-0.4, -0.2) is 133 Å². The van der Waals surface area contributed by atoms with Gasteiger partial charge in [0.2, 0.25) is 11.8 Å². The van der Waals surface area contributed by atoms with Crippen molar-refractivity contribution < 1.29 is 48.0 Å². The zero-order chi connectivity index (χ0) is 41.4. The van der Waals surface area contributed by atoms with Gasteiger partial charge >= 0.3 is 12.1 Å². The van der Waals surface area contributed by atoms with Crippen LogP contribution in [0.15, 0.2) is 18.2 Å². The van der Waals surface area contributed by atoms with E-state index < -0.39 is 53.0 Å². The van der Waals surface area contributed by atoms with E-state index in [1.54, 1.807) is 13.2 Å². The molecule has 5 aliphatic rings. The maximum absolute atomic E-state index is 14.7. The van der Waals surface area contributed by atoms with Crippen LogP contribution in [0, 0.1) is 23.2 Å². The number of nitrogens with one attached hydrogen (secondary N) is 2. The van der Waals surface area contributed by atoms with Crippen molar-refractivity contribution >= 4 is 46.4 Å². The summed E-state index contributed by atoms with van der Waals surface area (Å²) in [6, 6.07) is 3.31. The number of carboxylic acids is 1. The lowest BCUT2D eigenvalue weighted by Crippen LogP contribution is -2.59. The smallest absolute Gasteiger partial charge is 0.408 e. The molecule has 0 spiro atoms. The molecule has 3 heterocycles. The van der Waals surface area contributed by atoms with Crippen molar-refractivity contribution in [3.05, 3.63) is 28.9 Å². The Morgan fingerprint density at radius 2 is 1.79 bits per heavy atom. The molecule has 1 aromatic carbocycles. The quantitative estimate of drug-likeness (QED) is 0.217. The second-order valence-electron chi connectivity index (χ2n) is 17.7. The third kappa shape index (κ3) is 9.27. The van der Waals surface area contributed by atoms with Gasteiger partial charge in [-0.25, -0.2) is 9.59 Å². The number of carboxylic acid groups (broad SMARTS) is 1. The molecule has 5 fully saturated rings. The van der Waals surface area contributed by atoms with Gasteiger partial charge in [0.1, 0.15) is 53.0 Å². The van der Waals surface area contributed by atoms with E-state index in [1.807, 2.05) is 39.8 Å². The highest BCUT2D eigenvalue weighted by atomic mass is 35.5. The van der Waals surface area contributed by atoms with E-state index in [9.17, 15) is 24.3 Å². The van der Waals surface area contributed by atoms with Gasteiger partial charge in [-0.2, -0.15) is 0 Å². The average Bonchev–Trinajstić information content (AvgIpc) is 4.00. The van der Waals surface area contributed by atoms with Crippen molar-refractivity contribution in [1.29, 1.82) is 0 Å². The van der Waals surface area contributed by atoms with E-state index in [1.165, 1.54) is 11.3 Å². The predicted molar refractivity (Wildman–Crippen MR) is 214 cm³/mol. The molecule has 3 amide bonds. The molecule has 3 aliphatic carbocycles. The number of methoxy groups -OCH3 is 1. The number of alkyl carbamates (subject to hydrolysis) is 1. The van der Waals surface area contributed by atoms with Crippen LogP contribution < -0.4 is 20.1 Å². The number of fused-ring (bicyclic) bond motifs is 2. The lowest BCUT2D eigenvalue weighted by Gasteiger charge is -2.35. The fraction of sp³-hybridized carbons (Fsp3) is 0.690. The van der Waals surface area contributed by atoms with Crippen molar-refractivity contribution in [2.75, 3.05) is 59.7 Å². The second-order valence-corrected chi connectivity index (χ2v) is 18.1. The normalized spacial score (nSPS) is 28.4. The molecule has 2 aromatic rings. The molecule has 318 valence electrons. The summed E-state index contributed by atoms with van der Waals surface area (Å²) >= 11 is 6.98. The molecule has 3 saturated carbocycles. The Balaban J connectivity index is 1.14. The van der Waals surface area contributed by atoms with Crippen LogP contribution in [0.25, 0.3) is 10.9 Å². The third-order valence-corrected chi connectivity index (χ3v) is 12.9. The van der Waals surface area contributed by atoms with Gasteiger partial charge in [0.15, 0.2) is 0 Å². The first-order valence-corrected chi connectivity index (χ1v) is 21.1. The van der Waals surface area contributed by atoms with Crippen molar-refractivity contribution in [3.63, 3.8) is 0 Å². The summed E-state index contributed by atoms with van der Waals surface area (Å²) in [5.74, 6) is -0.241. The number of hydrogen-bond acceptors (Lipinski definition) is 11. The Morgan fingerprint density at radius 1 is 1.05 bits per heavy atom. The zero-order valence-corrected chi connectivity index (χ0v) is 35.0. The summed E-state index contributed by atoms with van der Waals surface area (Å²) in [7, 11) is 1.61. The van der Waals surface area contributed by atoms with Gasteiger partial charge in [0, 0.05) is 56.7 Å².